The molecular weight excluding hydrogens is 312 g/mol. The normalized spacial score (nSPS) is 19.3. The third kappa shape index (κ3) is 3.87. The zero-order valence-corrected chi connectivity index (χ0v) is 15.6. The monoisotopic (exact) mass is 340 g/mol. The van der Waals surface area contributed by atoms with Crippen molar-refractivity contribution in [3.63, 3.8) is 0 Å². The number of hydrogen-bond acceptors (Lipinski definition) is 4. The molecule has 1 aromatic rings. The third-order valence-electron chi connectivity index (χ3n) is 4.85. The van der Waals surface area contributed by atoms with E-state index in [1.807, 2.05) is 20.8 Å². The van der Waals surface area contributed by atoms with Crippen LogP contribution in [0, 0.1) is 26.7 Å². The number of hydrogen-bond donors (Lipinski definition) is 1. The van der Waals surface area contributed by atoms with Gasteiger partial charge in [-0.25, -0.2) is 13.1 Å². The van der Waals surface area contributed by atoms with E-state index >= 15 is 0 Å². The first-order chi connectivity index (χ1) is 10.8. The van der Waals surface area contributed by atoms with Crippen LogP contribution in [0.25, 0.3) is 0 Å². The minimum atomic E-state index is -3.50. The molecule has 1 saturated heterocycles. The lowest BCUT2D eigenvalue weighted by molar-refractivity contribution is 0.342. The second-order valence-electron chi connectivity index (χ2n) is 6.37. The van der Waals surface area contributed by atoms with Crippen LogP contribution in [0.4, 0.5) is 0 Å². The number of ether oxygens (including phenoxy) is 1. The zero-order valence-electron chi connectivity index (χ0n) is 14.8. The van der Waals surface area contributed by atoms with Gasteiger partial charge >= 0.3 is 0 Å². The molecular formula is C17H28N2O3S. The summed E-state index contributed by atoms with van der Waals surface area (Å²) < 4.78 is 33.7. The minimum absolute atomic E-state index is 0.390. The molecule has 1 aliphatic rings. The molecule has 1 N–H and O–H groups in total. The molecule has 2 rings (SSSR count). The Morgan fingerprint density at radius 2 is 2.00 bits per heavy atom. The highest BCUT2D eigenvalue weighted by Crippen LogP contribution is 2.30. The summed E-state index contributed by atoms with van der Waals surface area (Å²) in [5, 5.41) is 0. The Morgan fingerprint density at radius 1 is 1.30 bits per heavy atom. The first-order valence-corrected chi connectivity index (χ1v) is 9.65. The molecule has 1 fully saturated rings. The molecule has 1 aromatic carbocycles. The van der Waals surface area contributed by atoms with Crippen molar-refractivity contribution in [3.8, 4) is 5.75 Å². The Kier molecular flexibility index (Phi) is 5.70. The summed E-state index contributed by atoms with van der Waals surface area (Å²) in [6, 6.07) is 1.80. The van der Waals surface area contributed by atoms with Crippen molar-refractivity contribution < 1.29 is 13.2 Å². The van der Waals surface area contributed by atoms with Crippen LogP contribution >= 0.6 is 0 Å². The number of nitrogens with one attached hydrogen (secondary N) is 1. The maximum absolute atomic E-state index is 12.8. The van der Waals surface area contributed by atoms with E-state index in [1.165, 1.54) is 0 Å². The van der Waals surface area contributed by atoms with Crippen molar-refractivity contribution >= 4 is 10.0 Å². The highest BCUT2D eigenvalue weighted by molar-refractivity contribution is 7.89. The molecule has 0 spiro atoms. The molecule has 5 nitrogen and oxygen atoms in total. The Labute approximate surface area is 140 Å². The van der Waals surface area contributed by atoms with Crippen molar-refractivity contribution in [1.29, 1.82) is 0 Å². The van der Waals surface area contributed by atoms with Gasteiger partial charge in [0.15, 0.2) is 0 Å². The van der Waals surface area contributed by atoms with Crippen LogP contribution < -0.4 is 9.46 Å². The Bertz CT molecular complexity index is 671. The molecule has 130 valence electrons. The molecule has 6 heteroatoms. The average molecular weight is 340 g/mol. The standard InChI is InChI=1S/C17H28N2O3S/c1-6-19-8-7-15(11-19)10-18-23(20,21)17-12(2)9-16(22-5)13(3)14(17)4/h9,15,18H,6-8,10-11H2,1-5H3. The number of rotatable bonds is 6. The van der Waals surface area contributed by atoms with E-state index in [-0.39, 0.29) is 0 Å². The number of sulfonamides is 1. The molecule has 1 heterocycles. The summed E-state index contributed by atoms with van der Waals surface area (Å²) in [4.78, 5) is 2.74. The maximum Gasteiger partial charge on any atom is 0.241 e. The van der Waals surface area contributed by atoms with E-state index in [0.29, 0.717) is 17.4 Å². The van der Waals surface area contributed by atoms with Crippen LogP contribution in [0.3, 0.4) is 0 Å². The van der Waals surface area contributed by atoms with Crippen LogP contribution in [0.2, 0.25) is 0 Å². The lowest BCUT2D eigenvalue weighted by atomic mass is 10.1. The minimum Gasteiger partial charge on any atom is -0.496 e. The third-order valence-corrected chi connectivity index (χ3v) is 6.56. The second-order valence-corrected chi connectivity index (χ2v) is 8.08. The van der Waals surface area contributed by atoms with Gasteiger partial charge in [0.05, 0.1) is 12.0 Å². The summed E-state index contributed by atoms with van der Waals surface area (Å²) in [7, 11) is -1.90. The number of aryl methyl sites for hydroxylation is 1. The molecule has 0 saturated carbocycles. The van der Waals surface area contributed by atoms with Crippen molar-refractivity contribution in [1.82, 2.24) is 9.62 Å². The number of nitrogens with zero attached hydrogens (tertiary/aromatic N) is 1. The van der Waals surface area contributed by atoms with E-state index in [0.717, 1.165) is 48.5 Å². The topological polar surface area (TPSA) is 58.6 Å². The molecule has 1 unspecified atom stereocenters. The molecule has 1 aliphatic heterocycles. The van der Waals surface area contributed by atoms with Crippen LogP contribution in [-0.2, 0) is 10.0 Å². The van der Waals surface area contributed by atoms with Crippen LogP contribution in [0.1, 0.15) is 30.0 Å². The van der Waals surface area contributed by atoms with Crippen molar-refractivity contribution in [2.45, 2.75) is 39.0 Å². The fraction of sp³-hybridized carbons (Fsp3) is 0.647. The van der Waals surface area contributed by atoms with Gasteiger partial charge < -0.3 is 9.64 Å². The molecule has 0 aliphatic carbocycles. The highest BCUT2D eigenvalue weighted by Gasteiger charge is 2.26. The van der Waals surface area contributed by atoms with Crippen molar-refractivity contribution in [3.05, 3.63) is 22.8 Å². The second kappa shape index (κ2) is 7.20. The van der Waals surface area contributed by atoms with Gasteiger partial charge in [0.25, 0.3) is 0 Å². The van der Waals surface area contributed by atoms with Gasteiger partial charge in [-0.3, -0.25) is 0 Å². The number of methoxy groups -OCH3 is 1. The Balaban J connectivity index is 2.19. The molecule has 1 atom stereocenters. The predicted molar refractivity (Wildman–Crippen MR) is 92.6 cm³/mol. The van der Waals surface area contributed by atoms with Crippen LogP contribution in [-0.4, -0.2) is 46.6 Å². The Morgan fingerprint density at radius 3 is 2.57 bits per heavy atom. The quantitative estimate of drug-likeness (QED) is 0.863. The molecule has 0 aromatic heterocycles. The van der Waals surface area contributed by atoms with Gasteiger partial charge in [-0.2, -0.15) is 0 Å². The van der Waals surface area contributed by atoms with Crippen LogP contribution in [0.15, 0.2) is 11.0 Å². The van der Waals surface area contributed by atoms with Crippen molar-refractivity contribution in [2.75, 3.05) is 33.3 Å². The largest absolute Gasteiger partial charge is 0.496 e. The maximum atomic E-state index is 12.8. The summed E-state index contributed by atoms with van der Waals surface area (Å²) >= 11 is 0. The first-order valence-electron chi connectivity index (χ1n) is 8.17. The van der Waals surface area contributed by atoms with E-state index in [4.69, 9.17) is 4.74 Å². The fourth-order valence-corrected chi connectivity index (χ4v) is 4.95. The number of benzene rings is 1. The fourth-order valence-electron chi connectivity index (χ4n) is 3.31. The van der Waals surface area contributed by atoms with Crippen LogP contribution in [0.5, 0.6) is 5.75 Å². The predicted octanol–water partition coefficient (Wildman–Crippen LogP) is 2.24. The van der Waals surface area contributed by atoms with E-state index in [9.17, 15) is 8.42 Å². The lowest BCUT2D eigenvalue weighted by Crippen LogP contribution is -2.32. The smallest absolute Gasteiger partial charge is 0.241 e. The summed E-state index contributed by atoms with van der Waals surface area (Å²) in [6.45, 7) is 11.2. The summed E-state index contributed by atoms with van der Waals surface area (Å²) in [5.74, 6) is 1.12. The molecule has 0 bridgehead atoms. The first kappa shape index (κ1) is 18.2. The van der Waals surface area contributed by atoms with Gasteiger partial charge in [-0.1, -0.05) is 6.92 Å². The van der Waals surface area contributed by atoms with Gasteiger partial charge in [-0.15, -0.1) is 0 Å². The van der Waals surface area contributed by atoms with Gasteiger partial charge in [0.1, 0.15) is 5.75 Å². The van der Waals surface area contributed by atoms with E-state index in [2.05, 4.69) is 16.5 Å². The summed E-state index contributed by atoms with van der Waals surface area (Å²) in [6.07, 6.45) is 1.05. The number of likely N-dealkylation sites (tertiary alicyclic amines) is 1. The molecule has 0 amide bonds. The average Bonchev–Trinajstić information content (AvgIpc) is 2.97. The van der Waals surface area contributed by atoms with E-state index < -0.39 is 10.0 Å². The lowest BCUT2D eigenvalue weighted by Gasteiger charge is -2.18. The van der Waals surface area contributed by atoms with Gasteiger partial charge in [0.2, 0.25) is 10.0 Å². The zero-order chi connectivity index (χ0) is 17.2. The molecule has 0 radical (unpaired) electrons. The summed E-state index contributed by atoms with van der Waals surface area (Å²) in [5.41, 5.74) is 2.35. The van der Waals surface area contributed by atoms with E-state index in [1.54, 1.807) is 13.2 Å². The highest BCUT2D eigenvalue weighted by atomic mass is 32.2. The molecule has 23 heavy (non-hydrogen) atoms. The van der Waals surface area contributed by atoms with Gasteiger partial charge in [-0.05, 0) is 69.0 Å². The SMILES string of the molecule is CCN1CCC(CNS(=O)(=O)c2c(C)cc(OC)c(C)c2C)C1. The Hall–Kier alpha value is -1.11. The van der Waals surface area contributed by atoms with Crippen molar-refractivity contribution in [2.24, 2.45) is 5.92 Å². The van der Waals surface area contributed by atoms with Gasteiger partial charge in [0, 0.05) is 13.1 Å².